The summed E-state index contributed by atoms with van der Waals surface area (Å²) in [5.41, 5.74) is 0. The number of rotatable bonds is 2. The first kappa shape index (κ1) is 13.8. The molecule has 0 amide bonds. The van der Waals surface area contributed by atoms with E-state index in [1.807, 2.05) is 0 Å². The van der Waals surface area contributed by atoms with Crippen LogP contribution in [0.25, 0.3) is 0 Å². The molecule has 5 atom stereocenters. The van der Waals surface area contributed by atoms with Gasteiger partial charge in [0.25, 0.3) is 0 Å². The molecule has 3 nitrogen and oxygen atoms in total. The fraction of sp³-hybridized carbons (Fsp3) is 1.00. The second kappa shape index (κ2) is 5.71. The molecule has 3 heteroatoms. The van der Waals surface area contributed by atoms with Crippen molar-refractivity contribution in [1.29, 1.82) is 0 Å². The summed E-state index contributed by atoms with van der Waals surface area (Å²) in [4.78, 5) is 5.55. The van der Waals surface area contributed by atoms with E-state index in [1.165, 1.54) is 51.9 Å². The number of hydrogen-bond acceptors (Lipinski definition) is 3. The van der Waals surface area contributed by atoms with Gasteiger partial charge in [-0.1, -0.05) is 13.8 Å². The van der Waals surface area contributed by atoms with Crippen LogP contribution in [0.2, 0.25) is 0 Å². The third-order valence-electron chi connectivity index (χ3n) is 5.84. The van der Waals surface area contributed by atoms with Gasteiger partial charge in [-0.15, -0.1) is 0 Å². The molecule has 19 heavy (non-hydrogen) atoms. The molecule has 2 heterocycles. The fourth-order valence-electron chi connectivity index (χ4n) is 5.03. The van der Waals surface area contributed by atoms with Crippen LogP contribution in [0.1, 0.15) is 39.5 Å². The fourth-order valence-corrected chi connectivity index (χ4v) is 5.03. The number of hydrogen-bond donors (Lipinski definition) is 1. The van der Waals surface area contributed by atoms with Gasteiger partial charge in [-0.05, 0) is 51.1 Å². The topological polar surface area (TPSA) is 18.5 Å². The van der Waals surface area contributed by atoms with Gasteiger partial charge in [-0.3, -0.25) is 9.80 Å². The predicted octanol–water partition coefficient (Wildman–Crippen LogP) is 1.79. The Morgan fingerprint density at radius 1 is 1.00 bits per heavy atom. The lowest BCUT2D eigenvalue weighted by atomic mass is 9.75. The number of piperazine rings is 1. The number of nitrogens with one attached hydrogen (secondary N) is 1. The smallest absolute Gasteiger partial charge is 0.0276 e. The Morgan fingerprint density at radius 3 is 2.58 bits per heavy atom. The molecular formula is C16H31N3. The molecule has 3 rings (SSSR count). The van der Waals surface area contributed by atoms with E-state index in [0.29, 0.717) is 6.04 Å². The molecular weight excluding hydrogens is 234 g/mol. The predicted molar refractivity (Wildman–Crippen MR) is 80.4 cm³/mol. The maximum absolute atomic E-state index is 3.62. The molecule has 0 bridgehead atoms. The van der Waals surface area contributed by atoms with Gasteiger partial charge in [0.05, 0.1) is 0 Å². The lowest BCUT2D eigenvalue weighted by molar-refractivity contribution is 0.0114. The van der Waals surface area contributed by atoms with Crippen LogP contribution in [0.15, 0.2) is 0 Å². The summed E-state index contributed by atoms with van der Waals surface area (Å²) >= 11 is 0. The molecule has 2 aliphatic heterocycles. The van der Waals surface area contributed by atoms with E-state index < -0.39 is 0 Å². The molecule has 0 aromatic carbocycles. The van der Waals surface area contributed by atoms with Crippen molar-refractivity contribution in [2.24, 2.45) is 11.8 Å². The summed E-state index contributed by atoms with van der Waals surface area (Å²) in [5.74, 6) is 1.73. The third kappa shape index (κ3) is 2.70. The number of fused-ring (bicyclic) bond motifs is 1. The monoisotopic (exact) mass is 265 g/mol. The maximum atomic E-state index is 3.62. The normalized spacial score (nSPS) is 45.3. The lowest BCUT2D eigenvalue weighted by Crippen LogP contribution is -2.61. The van der Waals surface area contributed by atoms with E-state index in [0.717, 1.165) is 23.9 Å². The number of likely N-dealkylation sites (N-methyl/N-ethyl adjacent to an activating group) is 1. The summed E-state index contributed by atoms with van der Waals surface area (Å²) in [7, 11) is 2.16. The first-order valence-electron chi connectivity index (χ1n) is 8.34. The zero-order chi connectivity index (χ0) is 13.4. The SMILES string of the molecule is CNC1CC(C)CC(C)C1N1CCN2CCCC2C1. The average Bonchev–Trinajstić information content (AvgIpc) is 2.84. The van der Waals surface area contributed by atoms with Gasteiger partial charge in [-0.2, -0.15) is 0 Å². The van der Waals surface area contributed by atoms with E-state index in [1.54, 1.807) is 0 Å². The zero-order valence-electron chi connectivity index (χ0n) is 12.9. The minimum absolute atomic E-state index is 0.701. The van der Waals surface area contributed by atoms with Crippen molar-refractivity contribution in [3.63, 3.8) is 0 Å². The van der Waals surface area contributed by atoms with Gasteiger partial charge in [0.2, 0.25) is 0 Å². The Kier molecular flexibility index (Phi) is 4.16. The van der Waals surface area contributed by atoms with Gasteiger partial charge in [0.1, 0.15) is 0 Å². The molecule has 0 aromatic rings. The van der Waals surface area contributed by atoms with E-state index >= 15 is 0 Å². The van der Waals surface area contributed by atoms with Crippen LogP contribution < -0.4 is 5.32 Å². The summed E-state index contributed by atoms with van der Waals surface area (Å²) < 4.78 is 0. The summed E-state index contributed by atoms with van der Waals surface area (Å²) in [6.07, 6.45) is 5.62. The highest BCUT2D eigenvalue weighted by Gasteiger charge is 2.40. The van der Waals surface area contributed by atoms with E-state index in [4.69, 9.17) is 0 Å². The van der Waals surface area contributed by atoms with Crippen LogP contribution in [0.5, 0.6) is 0 Å². The van der Waals surface area contributed by atoms with Crippen molar-refractivity contribution >= 4 is 0 Å². The van der Waals surface area contributed by atoms with Crippen molar-refractivity contribution < 1.29 is 0 Å². The van der Waals surface area contributed by atoms with E-state index in [9.17, 15) is 0 Å². The van der Waals surface area contributed by atoms with Crippen LogP contribution in [-0.4, -0.2) is 61.2 Å². The maximum Gasteiger partial charge on any atom is 0.0276 e. The molecule has 0 radical (unpaired) electrons. The lowest BCUT2D eigenvalue weighted by Gasteiger charge is -2.49. The average molecular weight is 265 g/mol. The molecule has 0 aromatic heterocycles. The highest BCUT2D eigenvalue weighted by Crippen LogP contribution is 2.34. The molecule has 1 saturated carbocycles. The molecule has 3 fully saturated rings. The molecule has 5 unspecified atom stereocenters. The van der Waals surface area contributed by atoms with E-state index in [2.05, 4.69) is 36.0 Å². The van der Waals surface area contributed by atoms with Crippen LogP contribution in [0.4, 0.5) is 0 Å². The Hall–Kier alpha value is -0.120. The Labute approximate surface area is 118 Å². The third-order valence-corrected chi connectivity index (χ3v) is 5.84. The Morgan fingerprint density at radius 2 is 1.79 bits per heavy atom. The largest absolute Gasteiger partial charge is 0.315 e. The first-order chi connectivity index (χ1) is 9.19. The van der Waals surface area contributed by atoms with Gasteiger partial charge >= 0.3 is 0 Å². The molecule has 1 N–H and O–H groups in total. The summed E-state index contributed by atoms with van der Waals surface area (Å²) in [6, 6.07) is 2.33. The highest BCUT2D eigenvalue weighted by molar-refractivity contribution is 4.97. The second-order valence-electron chi connectivity index (χ2n) is 7.27. The molecule has 0 spiro atoms. The van der Waals surface area contributed by atoms with E-state index in [-0.39, 0.29) is 0 Å². The van der Waals surface area contributed by atoms with Crippen LogP contribution in [-0.2, 0) is 0 Å². The molecule has 110 valence electrons. The van der Waals surface area contributed by atoms with Crippen molar-refractivity contribution in [1.82, 2.24) is 15.1 Å². The van der Waals surface area contributed by atoms with Crippen LogP contribution in [0, 0.1) is 11.8 Å². The standard InChI is InChI=1S/C16H31N3/c1-12-9-13(2)16(15(10-12)17-3)19-8-7-18-6-4-5-14(18)11-19/h12-17H,4-11H2,1-3H3. The zero-order valence-corrected chi connectivity index (χ0v) is 12.9. The van der Waals surface area contributed by atoms with Crippen LogP contribution >= 0.6 is 0 Å². The highest BCUT2D eigenvalue weighted by atomic mass is 15.3. The van der Waals surface area contributed by atoms with Gasteiger partial charge in [0, 0.05) is 37.8 Å². The number of nitrogens with zero attached hydrogens (tertiary/aromatic N) is 2. The molecule has 3 aliphatic rings. The molecule has 2 saturated heterocycles. The van der Waals surface area contributed by atoms with Gasteiger partial charge in [0.15, 0.2) is 0 Å². The van der Waals surface area contributed by atoms with Crippen molar-refractivity contribution in [2.75, 3.05) is 33.2 Å². The summed E-state index contributed by atoms with van der Waals surface area (Å²) in [5, 5.41) is 3.62. The van der Waals surface area contributed by atoms with Crippen LogP contribution in [0.3, 0.4) is 0 Å². The minimum Gasteiger partial charge on any atom is -0.315 e. The minimum atomic E-state index is 0.701. The van der Waals surface area contributed by atoms with Gasteiger partial charge < -0.3 is 5.32 Å². The first-order valence-corrected chi connectivity index (χ1v) is 8.34. The van der Waals surface area contributed by atoms with Crippen molar-refractivity contribution in [2.45, 2.75) is 57.7 Å². The quantitative estimate of drug-likeness (QED) is 0.821. The Balaban J connectivity index is 1.69. The van der Waals surface area contributed by atoms with Crippen molar-refractivity contribution in [3.05, 3.63) is 0 Å². The second-order valence-corrected chi connectivity index (χ2v) is 7.27. The summed E-state index contributed by atoms with van der Waals surface area (Å²) in [6.45, 7) is 10.2. The Bertz CT molecular complexity index is 306. The van der Waals surface area contributed by atoms with Gasteiger partial charge in [-0.25, -0.2) is 0 Å². The van der Waals surface area contributed by atoms with Crippen molar-refractivity contribution in [3.8, 4) is 0 Å². The molecule has 1 aliphatic carbocycles.